The molecule has 1 aromatic carbocycles. The van der Waals surface area contributed by atoms with Crippen LogP contribution in [0.5, 0.6) is 5.75 Å². The fourth-order valence-corrected chi connectivity index (χ4v) is 2.39. The van der Waals surface area contributed by atoms with Crippen molar-refractivity contribution >= 4 is 29.9 Å². The predicted molar refractivity (Wildman–Crippen MR) is 120 cm³/mol. The highest BCUT2D eigenvalue weighted by molar-refractivity contribution is 14.0. The Morgan fingerprint density at radius 2 is 2.00 bits per heavy atom. The Bertz CT molecular complexity index is 675. The Morgan fingerprint density at radius 3 is 2.74 bits per heavy atom. The molecule has 0 saturated heterocycles. The van der Waals surface area contributed by atoms with Gasteiger partial charge in [0.2, 0.25) is 0 Å². The fraction of sp³-hybridized carbons (Fsp3) is 0.421. The number of halogens is 1. The topological polar surface area (TPSA) is 76.4 Å². The third-order valence-corrected chi connectivity index (χ3v) is 3.68. The van der Waals surface area contributed by atoms with Gasteiger partial charge in [-0.15, -0.1) is 34.2 Å². The molecule has 0 radical (unpaired) electrons. The number of aromatic nitrogens is 3. The molecule has 0 aliphatic rings. The normalized spacial score (nSPS) is 10.8. The van der Waals surface area contributed by atoms with Crippen LogP contribution < -0.4 is 15.4 Å². The van der Waals surface area contributed by atoms with Crippen LogP contribution in [0.1, 0.15) is 25.3 Å². The lowest BCUT2D eigenvalue weighted by atomic mass is 10.2. The summed E-state index contributed by atoms with van der Waals surface area (Å²) in [5.74, 6) is 1.66. The Kier molecular flexibility index (Phi) is 11.9. The van der Waals surface area contributed by atoms with Gasteiger partial charge >= 0.3 is 0 Å². The van der Waals surface area contributed by atoms with Gasteiger partial charge in [0.15, 0.2) is 5.96 Å². The molecule has 0 aliphatic heterocycles. The van der Waals surface area contributed by atoms with E-state index in [1.807, 2.05) is 28.8 Å². The molecule has 2 rings (SSSR count). The fourth-order valence-electron chi connectivity index (χ4n) is 2.39. The molecular weight excluding hydrogens is 455 g/mol. The van der Waals surface area contributed by atoms with Crippen molar-refractivity contribution in [2.24, 2.45) is 4.99 Å². The number of aryl methyl sites for hydroxylation is 1. The molecule has 8 heteroatoms. The van der Waals surface area contributed by atoms with Crippen LogP contribution >= 0.6 is 24.0 Å². The third-order valence-electron chi connectivity index (χ3n) is 3.68. The van der Waals surface area contributed by atoms with Crippen LogP contribution in [-0.4, -0.2) is 40.4 Å². The molecule has 0 fully saturated rings. The minimum atomic E-state index is 0. The van der Waals surface area contributed by atoms with Crippen LogP contribution in [0.15, 0.2) is 54.6 Å². The maximum Gasteiger partial charge on any atom is 0.191 e. The smallest absolute Gasteiger partial charge is 0.191 e. The molecule has 1 heterocycles. The van der Waals surface area contributed by atoms with Crippen LogP contribution in [0, 0.1) is 0 Å². The number of rotatable bonds is 11. The summed E-state index contributed by atoms with van der Waals surface area (Å²) in [6.07, 6.45) is 7.32. The minimum Gasteiger partial charge on any atom is -0.489 e. The second kappa shape index (κ2) is 14.0. The van der Waals surface area contributed by atoms with Crippen LogP contribution in [-0.2, 0) is 13.1 Å². The molecule has 0 amide bonds. The molecule has 0 atom stereocenters. The van der Waals surface area contributed by atoms with Crippen molar-refractivity contribution in [1.29, 1.82) is 0 Å². The molecule has 0 spiro atoms. The number of hydrogen-bond acceptors (Lipinski definition) is 4. The van der Waals surface area contributed by atoms with Crippen molar-refractivity contribution in [1.82, 2.24) is 25.4 Å². The van der Waals surface area contributed by atoms with Gasteiger partial charge < -0.3 is 19.9 Å². The Balaban J connectivity index is 0.00000364. The monoisotopic (exact) mass is 484 g/mol. The molecule has 0 saturated carbocycles. The maximum absolute atomic E-state index is 5.69. The minimum absolute atomic E-state index is 0. The van der Waals surface area contributed by atoms with E-state index in [1.54, 1.807) is 18.7 Å². The first-order valence-corrected chi connectivity index (χ1v) is 8.99. The molecule has 1 aromatic heterocycles. The van der Waals surface area contributed by atoms with Crippen molar-refractivity contribution < 1.29 is 4.74 Å². The van der Waals surface area contributed by atoms with Crippen molar-refractivity contribution in [2.45, 2.75) is 32.9 Å². The number of nitrogens with zero attached hydrogens (tertiary/aromatic N) is 4. The average Bonchev–Trinajstić information content (AvgIpc) is 3.18. The Hall–Kier alpha value is -2.10. The number of hydrogen-bond donors (Lipinski definition) is 2. The summed E-state index contributed by atoms with van der Waals surface area (Å²) in [7, 11) is 0. The number of benzene rings is 1. The Labute approximate surface area is 178 Å². The SMILES string of the molecule is C=CCOc1ccccc1CN=C(NCC)NCCCCn1cnnc1.I. The van der Waals surface area contributed by atoms with E-state index in [4.69, 9.17) is 4.74 Å². The van der Waals surface area contributed by atoms with Crippen LogP contribution in [0.3, 0.4) is 0 Å². The van der Waals surface area contributed by atoms with Gasteiger partial charge in [-0.05, 0) is 25.8 Å². The number of unbranched alkanes of at least 4 members (excludes halogenated alkanes) is 1. The van der Waals surface area contributed by atoms with E-state index in [0.29, 0.717) is 13.2 Å². The van der Waals surface area contributed by atoms with Gasteiger partial charge in [0.25, 0.3) is 0 Å². The third kappa shape index (κ3) is 8.89. The van der Waals surface area contributed by atoms with E-state index < -0.39 is 0 Å². The number of guanidine groups is 1. The highest BCUT2D eigenvalue weighted by Gasteiger charge is 2.03. The van der Waals surface area contributed by atoms with Gasteiger partial charge in [-0.25, -0.2) is 4.99 Å². The number of aliphatic imine (C=N–C) groups is 1. The highest BCUT2D eigenvalue weighted by atomic mass is 127. The first kappa shape index (κ1) is 22.9. The molecule has 7 nitrogen and oxygen atoms in total. The lowest BCUT2D eigenvalue weighted by Gasteiger charge is -2.12. The van der Waals surface area contributed by atoms with Gasteiger partial charge in [-0.3, -0.25) is 0 Å². The van der Waals surface area contributed by atoms with E-state index in [2.05, 4.69) is 39.3 Å². The van der Waals surface area contributed by atoms with E-state index in [0.717, 1.165) is 49.7 Å². The van der Waals surface area contributed by atoms with Gasteiger partial charge in [0.1, 0.15) is 25.0 Å². The number of nitrogens with one attached hydrogen (secondary N) is 2. The predicted octanol–water partition coefficient (Wildman–Crippen LogP) is 3.00. The number of para-hydroxylation sites is 1. The van der Waals surface area contributed by atoms with Crippen LogP contribution in [0.2, 0.25) is 0 Å². The summed E-state index contributed by atoms with van der Waals surface area (Å²) >= 11 is 0. The number of ether oxygens (including phenoxy) is 1. The first-order chi connectivity index (χ1) is 12.8. The Morgan fingerprint density at radius 1 is 1.22 bits per heavy atom. The lowest BCUT2D eigenvalue weighted by Crippen LogP contribution is -2.37. The van der Waals surface area contributed by atoms with Crippen LogP contribution in [0.25, 0.3) is 0 Å². The van der Waals surface area contributed by atoms with E-state index >= 15 is 0 Å². The quantitative estimate of drug-likeness (QED) is 0.169. The average molecular weight is 484 g/mol. The molecule has 2 aromatic rings. The zero-order chi connectivity index (χ0) is 18.5. The molecule has 2 N–H and O–H groups in total. The lowest BCUT2D eigenvalue weighted by molar-refractivity contribution is 0.359. The van der Waals surface area contributed by atoms with Crippen molar-refractivity contribution in [3.8, 4) is 5.75 Å². The summed E-state index contributed by atoms with van der Waals surface area (Å²) in [6, 6.07) is 7.95. The van der Waals surface area contributed by atoms with E-state index in [-0.39, 0.29) is 24.0 Å². The summed E-state index contributed by atoms with van der Waals surface area (Å²) < 4.78 is 7.67. The summed E-state index contributed by atoms with van der Waals surface area (Å²) in [5, 5.41) is 14.3. The van der Waals surface area contributed by atoms with Crippen molar-refractivity contribution in [3.05, 3.63) is 55.1 Å². The second-order valence-corrected chi connectivity index (χ2v) is 5.74. The maximum atomic E-state index is 5.69. The zero-order valence-corrected chi connectivity index (χ0v) is 18.1. The van der Waals surface area contributed by atoms with Gasteiger partial charge in [0, 0.05) is 25.2 Å². The van der Waals surface area contributed by atoms with Crippen LogP contribution in [0.4, 0.5) is 0 Å². The summed E-state index contributed by atoms with van der Waals surface area (Å²) in [4.78, 5) is 4.66. The van der Waals surface area contributed by atoms with Crippen molar-refractivity contribution in [2.75, 3.05) is 19.7 Å². The van der Waals surface area contributed by atoms with Gasteiger partial charge in [0.05, 0.1) is 6.54 Å². The summed E-state index contributed by atoms with van der Waals surface area (Å²) in [5.41, 5.74) is 1.05. The molecule has 0 unspecified atom stereocenters. The zero-order valence-electron chi connectivity index (χ0n) is 15.8. The standard InChI is InChI=1S/C19H28N6O.HI/c1-3-13-26-18-10-6-5-9-17(18)14-22-19(20-4-2)21-11-7-8-12-25-15-23-24-16-25;/h3,5-6,9-10,15-16H,1,4,7-8,11-14H2,2H3,(H2,20,21,22);1H. The molecule has 27 heavy (non-hydrogen) atoms. The largest absolute Gasteiger partial charge is 0.489 e. The summed E-state index contributed by atoms with van der Waals surface area (Å²) in [6.45, 7) is 9.41. The highest BCUT2D eigenvalue weighted by Crippen LogP contribution is 2.18. The van der Waals surface area contributed by atoms with E-state index in [1.165, 1.54) is 0 Å². The van der Waals surface area contributed by atoms with Gasteiger partial charge in [-0.2, -0.15) is 0 Å². The van der Waals surface area contributed by atoms with Crippen molar-refractivity contribution in [3.63, 3.8) is 0 Å². The van der Waals surface area contributed by atoms with Gasteiger partial charge in [-0.1, -0.05) is 30.9 Å². The molecular formula is C19H29IN6O. The molecule has 148 valence electrons. The molecule has 0 bridgehead atoms. The second-order valence-electron chi connectivity index (χ2n) is 5.74. The molecule has 0 aliphatic carbocycles. The first-order valence-electron chi connectivity index (χ1n) is 8.99. The van der Waals surface area contributed by atoms with E-state index in [9.17, 15) is 0 Å².